The van der Waals surface area contributed by atoms with Crippen molar-refractivity contribution >= 4 is 5.78 Å². The Labute approximate surface area is 246 Å². The summed E-state index contributed by atoms with van der Waals surface area (Å²) in [6.45, 7) is 22.6. The number of hydrogen-bond donors (Lipinski definition) is 0. The molecule has 0 aromatic carbocycles. The zero-order valence-electron chi connectivity index (χ0n) is 28.0. The maximum absolute atomic E-state index is 12.2. The Morgan fingerprint density at radius 1 is 0.564 bits per heavy atom. The van der Waals surface area contributed by atoms with Gasteiger partial charge in [-0.3, -0.25) is 4.79 Å². The van der Waals surface area contributed by atoms with Crippen LogP contribution in [0.3, 0.4) is 0 Å². The number of Topliss-reactive ketones (excluding diaryl/α,β-unsaturated/α-hetero) is 1. The van der Waals surface area contributed by atoms with Crippen molar-refractivity contribution in [3.05, 3.63) is 35.5 Å². The molecule has 0 bridgehead atoms. The smallest absolute Gasteiger partial charge is 0.133 e. The van der Waals surface area contributed by atoms with Crippen LogP contribution in [0.25, 0.3) is 0 Å². The fraction of sp³-hybridized carbons (Fsp3) is 0.816. The molecule has 0 aromatic rings. The van der Waals surface area contributed by atoms with E-state index in [1.54, 1.807) is 0 Å². The van der Waals surface area contributed by atoms with E-state index in [1.807, 2.05) is 0 Å². The topological polar surface area (TPSA) is 17.1 Å². The highest BCUT2D eigenvalue weighted by Gasteiger charge is 2.11. The molecule has 0 spiro atoms. The van der Waals surface area contributed by atoms with Crippen molar-refractivity contribution < 1.29 is 4.79 Å². The van der Waals surface area contributed by atoms with Crippen molar-refractivity contribution in [3.63, 3.8) is 0 Å². The Hall–Kier alpha value is -1.11. The molecule has 1 nitrogen and oxygen atoms in total. The molecule has 0 aliphatic heterocycles. The molecular weight excluding hydrogens is 472 g/mol. The first-order valence-corrected chi connectivity index (χ1v) is 17.0. The van der Waals surface area contributed by atoms with Crippen molar-refractivity contribution in [2.75, 3.05) is 0 Å². The second-order valence-electron chi connectivity index (χ2n) is 13.8. The molecule has 0 radical (unpaired) electrons. The summed E-state index contributed by atoms with van der Waals surface area (Å²) in [5.41, 5.74) is 4.29. The number of unbranched alkanes of at least 4 members (excludes halogenated alkanes) is 7. The standard InChI is InChI=1S/C38H70O/c1-31(2)21-19-25-34(6)29-37(9)36(8)27-17-14-13-16-24-33(5)23-15-11-10-12-18-28-38(39)30-35(7)26-20-22-32(3)4/h21-22,33-36H,9-20,23-30H2,1-8H3. The molecule has 0 fully saturated rings. The van der Waals surface area contributed by atoms with Crippen molar-refractivity contribution in [1.82, 2.24) is 0 Å². The molecule has 0 heterocycles. The lowest BCUT2D eigenvalue weighted by Gasteiger charge is -2.18. The lowest BCUT2D eigenvalue weighted by Crippen LogP contribution is -2.05. The molecule has 39 heavy (non-hydrogen) atoms. The Morgan fingerprint density at radius 3 is 1.51 bits per heavy atom. The minimum atomic E-state index is 0.480. The average Bonchev–Trinajstić information content (AvgIpc) is 2.84. The highest BCUT2D eigenvalue weighted by molar-refractivity contribution is 5.78. The van der Waals surface area contributed by atoms with Gasteiger partial charge < -0.3 is 0 Å². The highest BCUT2D eigenvalue weighted by atomic mass is 16.1. The molecule has 0 aliphatic carbocycles. The Morgan fingerprint density at radius 2 is 1.00 bits per heavy atom. The SMILES string of the molecule is C=C(CC(C)CCC=C(C)C)C(C)CCCCCCC(C)CCCCCCCC(=O)CC(C)CCC=C(C)C. The van der Waals surface area contributed by atoms with E-state index in [0.717, 1.165) is 43.9 Å². The zero-order valence-corrected chi connectivity index (χ0v) is 28.0. The predicted octanol–water partition coefficient (Wildman–Crippen LogP) is 13.0. The summed E-state index contributed by atoms with van der Waals surface area (Å²) in [5, 5.41) is 0. The fourth-order valence-corrected chi connectivity index (χ4v) is 5.65. The third kappa shape index (κ3) is 25.6. The molecule has 0 saturated carbocycles. The predicted molar refractivity (Wildman–Crippen MR) is 177 cm³/mol. The molecule has 0 saturated heterocycles. The van der Waals surface area contributed by atoms with E-state index in [0.29, 0.717) is 17.6 Å². The second kappa shape index (κ2) is 24.7. The highest BCUT2D eigenvalue weighted by Crippen LogP contribution is 2.26. The molecule has 4 unspecified atom stereocenters. The first-order chi connectivity index (χ1) is 18.5. The molecule has 0 aromatic heterocycles. The quantitative estimate of drug-likeness (QED) is 0.0784. The number of rotatable bonds is 26. The largest absolute Gasteiger partial charge is 0.300 e. The van der Waals surface area contributed by atoms with Gasteiger partial charge in [0.2, 0.25) is 0 Å². The number of hydrogen-bond acceptors (Lipinski definition) is 1. The van der Waals surface area contributed by atoms with Crippen LogP contribution in [0, 0.1) is 23.7 Å². The number of allylic oxidation sites excluding steroid dienone is 5. The third-order valence-corrected chi connectivity index (χ3v) is 8.54. The fourth-order valence-electron chi connectivity index (χ4n) is 5.65. The first kappa shape index (κ1) is 37.9. The van der Waals surface area contributed by atoms with E-state index < -0.39 is 0 Å². The van der Waals surface area contributed by atoms with Gasteiger partial charge in [0.1, 0.15) is 5.78 Å². The van der Waals surface area contributed by atoms with Gasteiger partial charge in [0, 0.05) is 12.8 Å². The Bertz CT molecular complexity index is 673. The van der Waals surface area contributed by atoms with Crippen LogP contribution >= 0.6 is 0 Å². The van der Waals surface area contributed by atoms with E-state index in [2.05, 4.69) is 74.1 Å². The van der Waals surface area contributed by atoms with E-state index in [9.17, 15) is 4.79 Å². The van der Waals surface area contributed by atoms with Crippen molar-refractivity contribution in [3.8, 4) is 0 Å². The van der Waals surface area contributed by atoms with Crippen molar-refractivity contribution in [2.45, 2.75) is 177 Å². The molecule has 0 rings (SSSR count). The van der Waals surface area contributed by atoms with Crippen LogP contribution in [-0.4, -0.2) is 5.78 Å². The van der Waals surface area contributed by atoms with Gasteiger partial charge in [-0.15, -0.1) is 0 Å². The molecule has 0 amide bonds. The number of carbonyl (C=O) groups excluding carboxylic acids is 1. The summed E-state index contributed by atoms with van der Waals surface area (Å²) in [5.74, 6) is 3.30. The van der Waals surface area contributed by atoms with Gasteiger partial charge in [0.25, 0.3) is 0 Å². The summed E-state index contributed by atoms with van der Waals surface area (Å²) in [4.78, 5) is 12.2. The van der Waals surface area contributed by atoms with Crippen molar-refractivity contribution in [1.29, 1.82) is 0 Å². The molecule has 4 atom stereocenters. The van der Waals surface area contributed by atoms with Gasteiger partial charge >= 0.3 is 0 Å². The first-order valence-electron chi connectivity index (χ1n) is 17.0. The van der Waals surface area contributed by atoms with Crippen LogP contribution in [0.2, 0.25) is 0 Å². The maximum Gasteiger partial charge on any atom is 0.133 e. The monoisotopic (exact) mass is 543 g/mol. The Kier molecular flexibility index (Phi) is 24.0. The summed E-state index contributed by atoms with van der Waals surface area (Å²) in [6.07, 6.45) is 28.1. The van der Waals surface area contributed by atoms with E-state index in [-0.39, 0.29) is 0 Å². The molecule has 0 aliphatic rings. The number of ketones is 1. The van der Waals surface area contributed by atoms with Gasteiger partial charge in [-0.05, 0) is 96.3 Å². The molecular formula is C38H70O. The maximum atomic E-state index is 12.2. The van der Waals surface area contributed by atoms with Gasteiger partial charge in [-0.1, -0.05) is 127 Å². The van der Waals surface area contributed by atoms with Crippen LogP contribution in [0.1, 0.15) is 177 Å². The minimum absolute atomic E-state index is 0.480. The van der Waals surface area contributed by atoms with E-state index in [1.165, 1.54) is 107 Å². The van der Waals surface area contributed by atoms with Gasteiger partial charge in [-0.2, -0.15) is 0 Å². The third-order valence-electron chi connectivity index (χ3n) is 8.54. The van der Waals surface area contributed by atoms with Crippen molar-refractivity contribution in [2.24, 2.45) is 23.7 Å². The lowest BCUT2D eigenvalue weighted by atomic mass is 9.87. The summed E-state index contributed by atoms with van der Waals surface area (Å²) >= 11 is 0. The van der Waals surface area contributed by atoms with Gasteiger partial charge in [0.05, 0.1) is 0 Å². The van der Waals surface area contributed by atoms with Gasteiger partial charge in [0.15, 0.2) is 0 Å². The van der Waals surface area contributed by atoms with E-state index in [4.69, 9.17) is 0 Å². The normalized spacial score (nSPS) is 14.4. The Balaban J connectivity index is 3.64. The zero-order chi connectivity index (χ0) is 29.5. The summed E-state index contributed by atoms with van der Waals surface area (Å²) in [7, 11) is 0. The molecule has 228 valence electrons. The summed E-state index contributed by atoms with van der Waals surface area (Å²) in [6, 6.07) is 0. The molecule has 1 heteroatoms. The van der Waals surface area contributed by atoms with Crippen LogP contribution in [0.4, 0.5) is 0 Å². The lowest BCUT2D eigenvalue weighted by molar-refractivity contribution is -0.120. The molecule has 0 N–H and O–H groups in total. The van der Waals surface area contributed by atoms with Crippen LogP contribution in [0.5, 0.6) is 0 Å². The van der Waals surface area contributed by atoms with Gasteiger partial charge in [-0.25, -0.2) is 0 Å². The number of carbonyl (C=O) groups is 1. The minimum Gasteiger partial charge on any atom is -0.300 e. The second-order valence-corrected chi connectivity index (χ2v) is 13.8. The average molecular weight is 543 g/mol. The van der Waals surface area contributed by atoms with E-state index >= 15 is 0 Å². The van der Waals surface area contributed by atoms with Crippen LogP contribution < -0.4 is 0 Å². The van der Waals surface area contributed by atoms with Crippen LogP contribution in [0.15, 0.2) is 35.5 Å². The summed E-state index contributed by atoms with van der Waals surface area (Å²) < 4.78 is 0. The van der Waals surface area contributed by atoms with Crippen LogP contribution in [-0.2, 0) is 4.79 Å².